The van der Waals surface area contributed by atoms with E-state index in [1.807, 2.05) is 66.9 Å². The molecular formula is C27H22N4O3. The molecule has 0 aliphatic rings. The zero-order valence-electron chi connectivity index (χ0n) is 18.5. The topological polar surface area (TPSA) is 84.1 Å². The molecule has 5 aromatic rings. The van der Waals surface area contributed by atoms with Crippen LogP contribution in [0.4, 0.5) is 0 Å². The molecule has 0 unspecified atom stereocenters. The molecule has 0 saturated carbocycles. The van der Waals surface area contributed by atoms with Gasteiger partial charge in [-0.2, -0.15) is 5.10 Å². The Hall–Kier alpha value is -4.65. The van der Waals surface area contributed by atoms with Crippen molar-refractivity contribution < 1.29 is 9.21 Å². The Morgan fingerprint density at radius 3 is 2.38 bits per heavy atom. The van der Waals surface area contributed by atoms with Crippen molar-refractivity contribution in [3.05, 3.63) is 119 Å². The molecule has 2 aromatic carbocycles. The summed E-state index contributed by atoms with van der Waals surface area (Å²) in [5.74, 6) is 0.156. The first-order valence-electron chi connectivity index (χ1n) is 10.8. The van der Waals surface area contributed by atoms with Crippen LogP contribution in [-0.2, 0) is 6.54 Å². The molecule has 168 valence electrons. The quantitative estimate of drug-likeness (QED) is 0.404. The number of aromatic amines is 1. The van der Waals surface area contributed by atoms with E-state index in [1.54, 1.807) is 29.9 Å². The number of carbonyl (C=O) groups excluding carboxylic acids is 1. The predicted octanol–water partition coefficient (Wildman–Crippen LogP) is 4.76. The first-order chi connectivity index (χ1) is 16.6. The van der Waals surface area contributed by atoms with Crippen LogP contribution in [0.25, 0.3) is 28.4 Å². The van der Waals surface area contributed by atoms with Gasteiger partial charge in [-0.25, -0.2) is 4.68 Å². The lowest BCUT2D eigenvalue weighted by atomic mass is 10.1. The summed E-state index contributed by atoms with van der Waals surface area (Å²) in [7, 11) is 1.68. The van der Waals surface area contributed by atoms with E-state index in [-0.39, 0.29) is 18.0 Å². The number of carbonyl (C=O) groups is 1. The third kappa shape index (κ3) is 4.19. The molecule has 7 heteroatoms. The van der Waals surface area contributed by atoms with Crippen LogP contribution in [0.2, 0.25) is 0 Å². The van der Waals surface area contributed by atoms with Gasteiger partial charge in [-0.05, 0) is 36.4 Å². The van der Waals surface area contributed by atoms with Crippen molar-refractivity contribution in [2.24, 2.45) is 0 Å². The number of benzene rings is 2. The summed E-state index contributed by atoms with van der Waals surface area (Å²) < 4.78 is 7.13. The van der Waals surface area contributed by atoms with Crippen LogP contribution in [-0.4, -0.2) is 32.6 Å². The zero-order chi connectivity index (χ0) is 23.5. The Morgan fingerprint density at radius 1 is 0.971 bits per heavy atom. The normalized spacial score (nSPS) is 10.9. The number of para-hydroxylation sites is 1. The Kier molecular flexibility index (Phi) is 5.66. The van der Waals surface area contributed by atoms with E-state index in [0.29, 0.717) is 11.5 Å². The van der Waals surface area contributed by atoms with Crippen molar-refractivity contribution in [1.82, 2.24) is 19.7 Å². The van der Waals surface area contributed by atoms with Crippen molar-refractivity contribution in [2.45, 2.75) is 6.54 Å². The molecule has 1 N–H and O–H groups in total. The minimum atomic E-state index is -0.464. The van der Waals surface area contributed by atoms with Crippen molar-refractivity contribution in [2.75, 3.05) is 7.05 Å². The highest BCUT2D eigenvalue weighted by Crippen LogP contribution is 2.25. The SMILES string of the molecule is CN(Cc1cn(-c2ccccc2)nc1-c1ccccc1)C(=O)c1ccc(-c2ccco2)[nH]c1=O. The predicted molar refractivity (Wildman–Crippen MR) is 130 cm³/mol. The van der Waals surface area contributed by atoms with Gasteiger partial charge < -0.3 is 14.3 Å². The molecule has 5 rings (SSSR count). The van der Waals surface area contributed by atoms with Crippen LogP contribution in [0.5, 0.6) is 0 Å². The molecule has 3 aromatic heterocycles. The van der Waals surface area contributed by atoms with Crippen molar-refractivity contribution >= 4 is 5.91 Å². The Bertz CT molecular complexity index is 1470. The summed E-state index contributed by atoms with van der Waals surface area (Å²) in [6.07, 6.45) is 3.45. The Morgan fingerprint density at radius 2 is 1.71 bits per heavy atom. The van der Waals surface area contributed by atoms with E-state index in [1.165, 1.54) is 17.2 Å². The first kappa shape index (κ1) is 21.2. The average Bonchev–Trinajstić information content (AvgIpc) is 3.55. The lowest BCUT2D eigenvalue weighted by Gasteiger charge is -2.17. The number of amides is 1. The second kappa shape index (κ2) is 9.07. The van der Waals surface area contributed by atoms with E-state index >= 15 is 0 Å². The monoisotopic (exact) mass is 450 g/mol. The average molecular weight is 450 g/mol. The van der Waals surface area contributed by atoms with E-state index in [4.69, 9.17) is 9.52 Å². The molecule has 0 aliphatic carbocycles. The number of H-pyrrole nitrogens is 1. The minimum absolute atomic E-state index is 0.0644. The lowest BCUT2D eigenvalue weighted by Crippen LogP contribution is -2.31. The number of nitrogens with zero attached hydrogens (tertiary/aromatic N) is 3. The number of nitrogens with one attached hydrogen (secondary N) is 1. The molecule has 0 atom stereocenters. The molecule has 0 aliphatic heterocycles. The molecule has 0 saturated heterocycles. The van der Waals surface area contributed by atoms with E-state index in [2.05, 4.69) is 4.98 Å². The van der Waals surface area contributed by atoms with Crippen molar-refractivity contribution in [3.63, 3.8) is 0 Å². The largest absolute Gasteiger partial charge is 0.463 e. The summed E-state index contributed by atoms with van der Waals surface area (Å²) in [5.41, 5.74) is 3.65. The van der Waals surface area contributed by atoms with E-state index in [9.17, 15) is 9.59 Å². The summed E-state index contributed by atoms with van der Waals surface area (Å²) in [6.45, 7) is 0.287. The van der Waals surface area contributed by atoms with Crippen LogP contribution >= 0.6 is 0 Å². The van der Waals surface area contributed by atoms with Gasteiger partial charge in [0.1, 0.15) is 11.3 Å². The summed E-state index contributed by atoms with van der Waals surface area (Å²) in [5, 5.41) is 4.79. The fourth-order valence-corrected chi connectivity index (χ4v) is 3.83. The van der Waals surface area contributed by atoms with Gasteiger partial charge in [0, 0.05) is 30.9 Å². The molecule has 1 amide bonds. The highest BCUT2D eigenvalue weighted by molar-refractivity contribution is 5.94. The Balaban J connectivity index is 1.45. The molecule has 0 bridgehead atoms. The molecule has 7 nitrogen and oxygen atoms in total. The fourth-order valence-electron chi connectivity index (χ4n) is 3.83. The van der Waals surface area contributed by atoms with Gasteiger partial charge in [0.25, 0.3) is 11.5 Å². The lowest BCUT2D eigenvalue weighted by molar-refractivity contribution is 0.0783. The van der Waals surface area contributed by atoms with Gasteiger partial charge in [-0.15, -0.1) is 0 Å². The number of pyridine rings is 1. The van der Waals surface area contributed by atoms with Crippen LogP contribution in [0.3, 0.4) is 0 Å². The molecule has 0 radical (unpaired) electrons. The second-order valence-corrected chi connectivity index (χ2v) is 7.90. The fraction of sp³-hybridized carbons (Fsp3) is 0.0741. The van der Waals surface area contributed by atoms with Gasteiger partial charge in [0.15, 0.2) is 0 Å². The minimum Gasteiger partial charge on any atom is -0.463 e. The molecule has 3 heterocycles. The van der Waals surface area contributed by atoms with Crippen molar-refractivity contribution in [3.8, 4) is 28.4 Å². The maximum absolute atomic E-state index is 13.1. The van der Waals surface area contributed by atoms with Gasteiger partial charge in [0.05, 0.1) is 23.3 Å². The third-order valence-electron chi connectivity index (χ3n) is 5.54. The first-order valence-corrected chi connectivity index (χ1v) is 10.8. The molecule has 34 heavy (non-hydrogen) atoms. The van der Waals surface area contributed by atoms with E-state index in [0.717, 1.165) is 22.5 Å². The van der Waals surface area contributed by atoms with Gasteiger partial charge in [-0.1, -0.05) is 48.5 Å². The van der Waals surface area contributed by atoms with Gasteiger partial charge in [0.2, 0.25) is 0 Å². The summed E-state index contributed by atoms with van der Waals surface area (Å²) in [4.78, 5) is 30.0. The number of furan rings is 1. The van der Waals surface area contributed by atoms with E-state index < -0.39 is 5.56 Å². The Labute approximate surface area is 195 Å². The standard InChI is InChI=1S/C27H22N4O3/c1-30(27(33)22-14-15-23(28-26(22)32)24-13-8-16-34-24)17-20-18-31(21-11-6-3-7-12-21)29-25(20)19-9-4-2-5-10-19/h2-16,18H,17H2,1H3,(H,28,32). The van der Waals surface area contributed by atoms with Crippen LogP contribution in [0, 0.1) is 0 Å². The zero-order valence-corrected chi connectivity index (χ0v) is 18.5. The van der Waals surface area contributed by atoms with Crippen molar-refractivity contribution in [1.29, 1.82) is 0 Å². The molecule has 0 spiro atoms. The highest BCUT2D eigenvalue weighted by atomic mass is 16.3. The number of hydrogen-bond acceptors (Lipinski definition) is 4. The molecule has 0 fully saturated rings. The van der Waals surface area contributed by atoms with Crippen LogP contribution in [0.15, 0.2) is 107 Å². The van der Waals surface area contributed by atoms with Gasteiger partial charge in [-0.3, -0.25) is 9.59 Å². The number of rotatable bonds is 6. The number of aromatic nitrogens is 3. The second-order valence-electron chi connectivity index (χ2n) is 7.90. The maximum atomic E-state index is 13.1. The molecular weight excluding hydrogens is 428 g/mol. The summed E-state index contributed by atoms with van der Waals surface area (Å²) in [6, 6.07) is 26.3. The highest BCUT2D eigenvalue weighted by Gasteiger charge is 2.20. The maximum Gasteiger partial charge on any atom is 0.261 e. The smallest absolute Gasteiger partial charge is 0.261 e. The summed E-state index contributed by atoms with van der Waals surface area (Å²) >= 11 is 0. The van der Waals surface area contributed by atoms with Crippen LogP contribution < -0.4 is 5.56 Å². The van der Waals surface area contributed by atoms with Gasteiger partial charge >= 0.3 is 0 Å². The van der Waals surface area contributed by atoms with Crippen LogP contribution in [0.1, 0.15) is 15.9 Å². The third-order valence-corrected chi connectivity index (χ3v) is 5.54. The number of hydrogen-bond donors (Lipinski definition) is 1.